The van der Waals surface area contributed by atoms with E-state index in [0.29, 0.717) is 6.42 Å². The van der Waals surface area contributed by atoms with Crippen LogP contribution >= 0.6 is 0 Å². The Balaban J connectivity index is 2.39. The average molecular weight is 601 g/mol. The molecule has 0 aromatic rings. The van der Waals surface area contributed by atoms with Gasteiger partial charge in [0.05, 0.1) is 26.4 Å². The Morgan fingerprint density at radius 3 is 1.76 bits per heavy atom. The maximum absolute atomic E-state index is 11.9. The van der Waals surface area contributed by atoms with Gasteiger partial charge in [0.25, 0.3) is 0 Å². The van der Waals surface area contributed by atoms with E-state index < -0.39 is 96.1 Å². The van der Waals surface area contributed by atoms with Gasteiger partial charge in [0.1, 0.15) is 46.3 Å². The Bertz CT molecular complexity index is 930. The molecule has 2 saturated heterocycles. The SMILES string of the molecule is CCCC(=O)OC(CO)COC1(O)OC(COC2(C)OC(CO)C(C)(O)C(C)(O)C2(C)O)C(C)(O)C(C)(O)C1(C)O. The quantitative estimate of drug-likeness (QED) is 0.0870. The van der Waals surface area contributed by atoms with E-state index in [1.807, 2.05) is 0 Å². The fraction of sp³-hybridized carbons (Fsp3) is 0.962. The third kappa shape index (κ3) is 5.54. The number of aliphatic hydroxyl groups excluding tert-OH is 2. The molecule has 11 atom stereocenters. The van der Waals surface area contributed by atoms with Gasteiger partial charge in [-0.05, 0) is 54.9 Å². The van der Waals surface area contributed by atoms with Crippen LogP contribution in [0.5, 0.6) is 0 Å². The highest BCUT2D eigenvalue weighted by Crippen LogP contribution is 2.52. The normalized spacial score (nSPS) is 49.5. The van der Waals surface area contributed by atoms with Crippen molar-refractivity contribution in [1.82, 2.24) is 0 Å². The molecule has 9 N–H and O–H groups in total. The second-order valence-corrected chi connectivity index (χ2v) is 12.2. The molecule has 11 unspecified atom stereocenters. The molecule has 0 radical (unpaired) electrons. The fourth-order valence-electron chi connectivity index (χ4n) is 5.06. The van der Waals surface area contributed by atoms with E-state index in [1.54, 1.807) is 6.92 Å². The molecule has 15 nitrogen and oxygen atoms in total. The van der Waals surface area contributed by atoms with Crippen LogP contribution in [-0.2, 0) is 28.5 Å². The van der Waals surface area contributed by atoms with E-state index in [0.717, 1.165) is 41.5 Å². The number of rotatable bonds is 11. The number of aliphatic hydroxyl groups is 9. The molecule has 0 aromatic carbocycles. The molecule has 0 aromatic heterocycles. The van der Waals surface area contributed by atoms with Crippen molar-refractivity contribution in [2.45, 2.75) is 132 Å². The molecule has 0 spiro atoms. The van der Waals surface area contributed by atoms with Crippen LogP contribution in [0.4, 0.5) is 0 Å². The van der Waals surface area contributed by atoms with E-state index in [2.05, 4.69) is 0 Å². The molecule has 2 fully saturated rings. The first kappa shape index (κ1) is 36.1. The molecule has 242 valence electrons. The van der Waals surface area contributed by atoms with Gasteiger partial charge in [-0.25, -0.2) is 0 Å². The summed E-state index contributed by atoms with van der Waals surface area (Å²) < 4.78 is 27.5. The zero-order valence-corrected chi connectivity index (χ0v) is 24.9. The second-order valence-electron chi connectivity index (χ2n) is 12.2. The van der Waals surface area contributed by atoms with Crippen LogP contribution in [0, 0.1) is 0 Å². The standard InChI is InChI=1S/C26H48O15/c1-9-10-18(29)39-15(11-27)13-38-26(36)24(7,35)22(5,33)20(3,31)17(41-26)14-37-25(8)23(6,34)21(4,32)19(2,30)16(12-28)40-25/h15-17,27-28,30-36H,9-14H2,1-8H3. The Morgan fingerprint density at radius 2 is 1.27 bits per heavy atom. The van der Waals surface area contributed by atoms with E-state index >= 15 is 0 Å². The summed E-state index contributed by atoms with van der Waals surface area (Å²) in [6.45, 7) is 6.36. The Kier molecular flexibility index (Phi) is 10.1. The zero-order chi connectivity index (χ0) is 32.1. The number of hydrogen-bond acceptors (Lipinski definition) is 15. The summed E-state index contributed by atoms with van der Waals surface area (Å²) in [5.41, 5.74) is -14.6. The van der Waals surface area contributed by atoms with Gasteiger partial charge < -0.3 is 69.6 Å². The highest BCUT2D eigenvalue weighted by Gasteiger charge is 2.74. The highest BCUT2D eigenvalue weighted by molar-refractivity contribution is 5.69. The van der Waals surface area contributed by atoms with Crippen molar-refractivity contribution < 1.29 is 74.4 Å². The second kappa shape index (κ2) is 11.5. The molecular weight excluding hydrogens is 552 g/mol. The molecule has 2 aliphatic rings. The summed E-state index contributed by atoms with van der Waals surface area (Å²) in [7, 11) is 0. The lowest BCUT2D eigenvalue weighted by Gasteiger charge is -2.62. The van der Waals surface area contributed by atoms with Crippen LogP contribution < -0.4 is 0 Å². The molecule has 15 heteroatoms. The van der Waals surface area contributed by atoms with Crippen molar-refractivity contribution in [3.63, 3.8) is 0 Å². The molecule has 2 rings (SSSR count). The summed E-state index contributed by atoms with van der Waals surface area (Å²) in [5, 5.41) is 97.9. The van der Waals surface area contributed by atoms with Crippen LogP contribution in [0.1, 0.15) is 68.2 Å². The van der Waals surface area contributed by atoms with E-state index in [4.69, 9.17) is 23.7 Å². The zero-order valence-electron chi connectivity index (χ0n) is 24.9. The third-order valence-electron chi connectivity index (χ3n) is 9.39. The van der Waals surface area contributed by atoms with Gasteiger partial charge in [-0.3, -0.25) is 4.79 Å². The van der Waals surface area contributed by atoms with E-state index in [9.17, 15) is 50.8 Å². The molecule has 41 heavy (non-hydrogen) atoms. The summed E-state index contributed by atoms with van der Waals surface area (Å²) in [6.07, 6.45) is -3.95. The first-order chi connectivity index (χ1) is 18.4. The van der Waals surface area contributed by atoms with Crippen molar-refractivity contribution in [3.05, 3.63) is 0 Å². The van der Waals surface area contributed by atoms with Gasteiger partial charge in [0.15, 0.2) is 11.4 Å². The largest absolute Gasteiger partial charge is 0.457 e. The van der Waals surface area contributed by atoms with Crippen molar-refractivity contribution in [2.24, 2.45) is 0 Å². The molecule has 0 saturated carbocycles. The lowest BCUT2D eigenvalue weighted by atomic mass is 9.65. The van der Waals surface area contributed by atoms with Crippen LogP contribution in [0.3, 0.4) is 0 Å². The topological polar surface area (TPSA) is 245 Å². The van der Waals surface area contributed by atoms with Gasteiger partial charge in [-0.15, -0.1) is 0 Å². The summed E-state index contributed by atoms with van der Waals surface area (Å²) in [4.78, 5) is 11.9. The third-order valence-corrected chi connectivity index (χ3v) is 9.39. The molecular formula is C26H48O15. The summed E-state index contributed by atoms with van der Waals surface area (Å²) >= 11 is 0. The minimum Gasteiger partial charge on any atom is -0.457 e. The summed E-state index contributed by atoms with van der Waals surface area (Å²) in [5.74, 6) is -5.92. The smallest absolute Gasteiger partial charge is 0.314 e. The van der Waals surface area contributed by atoms with Crippen molar-refractivity contribution in [1.29, 1.82) is 0 Å². The van der Waals surface area contributed by atoms with Crippen LogP contribution in [-0.4, -0.2) is 142 Å². The molecule has 0 aliphatic carbocycles. The Labute approximate surface area is 239 Å². The lowest BCUT2D eigenvalue weighted by Crippen LogP contribution is -2.83. The van der Waals surface area contributed by atoms with Crippen molar-refractivity contribution >= 4 is 5.97 Å². The lowest BCUT2D eigenvalue weighted by molar-refractivity contribution is -0.511. The number of carbonyl (C=O) groups is 1. The van der Waals surface area contributed by atoms with Crippen LogP contribution in [0.15, 0.2) is 0 Å². The molecule has 0 bridgehead atoms. The number of ether oxygens (including phenoxy) is 5. The minimum absolute atomic E-state index is 0.0516. The number of hydrogen-bond donors (Lipinski definition) is 9. The van der Waals surface area contributed by atoms with Gasteiger partial charge in [-0.2, -0.15) is 0 Å². The van der Waals surface area contributed by atoms with Gasteiger partial charge >= 0.3 is 11.9 Å². The van der Waals surface area contributed by atoms with E-state index in [1.165, 1.54) is 6.92 Å². The van der Waals surface area contributed by atoms with Crippen molar-refractivity contribution in [2.75, 3.05) is 26.4 Å². The predicted molar refractivity (Wildman–Crippen MR) is 138 cm³/mol. The fourth-order valence-corrected chi connectivity index (χ4v) is 5.06. The monoisotopic (exact) mass is 600 g/mol. The van der Waals surface area contributed by atoms with Crippen molar-refractivity contribution in [3.8, 4) is 0 Å². The molecule has 0 amide bonds. The Hall–Kier alpha value is -1.05. The van der Waals surface area contributed by atoms with Crippen LogP contribution in [0.25, 0.3) is 0 Å². The molecule has 2 aliphatic heterocycles. The maximum Gasteiger partial charge on any atom is 0.314 e. The highest BCUT2D eigenvalue weighted by atomic mass is 16.8. The van der Waals surface area contributed by atoms with E-state index in [-0.39, 0.29) is 6.42 Å². The first-order valence-electron chi connectivity index (χ1n) is 13.5. The van der Waals surface area contributed by atoms with Gasteiger partial charge in [0, 0.05) is 6.42 Å². The van der Waals surface area contributed by atoms with Gasteiger partial charge in [-0.1, -0.05) is 6.92 Å². The number of esters is 1. The number of carbonyl (C=O) groups excluding carboxylic acids is 1. The summed E-state index contributed by atoms with van der Waals surface area (Å²) in [6, 6.07) is 0. The van der Waals surface area contributed by atoms with Crippen LogP contribution in [0.2, 0.25) is 0 Å². The molecule has 2 heterocycles. The minimum atomic E-state index is -3.09. The Morgan fingerprint density at radius 1 is 0.756 bits per heavy atom. The predicted octanol–water partition coefficient (Wildman–Crippen LogP) is -2.62. The first-order valence-corrected chi connectivity index (χ1v) is 13.5. The average Bonchev–Trinajstić information content (AvgIpc) is 2.85. The van der Waals surface area contributed by atoms with Gasteiger partial charge in [0.2, 0.25) is 0 Å². The maximum atomic E-state index is 11.9.